The van der Waals surface area contributed by atoms with Gasteiger partial charge >= 0.3 is 0 Å². The third-order valence-electron chi connectivity index (χ3n) is 3.16. The van der Waals surface area contributed by atoms with E-state index < -0.39 is 0 Å². The highest BCUT2D eigenvalue weighted by atomic mass is 16.5. The number of rotatable bonds is 6. The van der Waals surface area contributed by atoms with E-state index in [0.29, 0.717) is 23.6 Å². The zero-order chi connectivity index (χ0) is 15.9. The molecule has 0 fully saturated rings. The van der Waals surface area contributed by atoms with Crippen molar-refractivity contribution in [1.29, 1.82) is 0 Å². The molecule has 0 aromatic heterocycles. The van der Waals surface area contributed by atoms with Crippen LogP contribution in [0.2, 0.25) is 0 Å². The zero-order valence-electron chi connectivity index (χ0n) is 12.4. The van der Waals surface area contributed by atoms with Crippen molar-refractivity contribution < 1.29 is 14.6 Å². The van der Waals surface area contributed by atoms with Crippen molar-refractivity contribution in [1.82, 2.24) is 0 Å². The molecule has 0 spiro atoms. The number of nitrogens with zero attached hydrogens (tertiary/aromatic N) is 1. The molecule has 0 saturated heterocycles. The number of nitroso groups, excluding NO2 is 1. The van der Waals surface area contributed by atoms with E-state index in [-0.39, 0.29) is 5.76 Å². The highest BCUT2D eigenvalue weighted by molar-refractivity contribution is 5.55. The number of benzene rings is 2. The SMILES string of the molecule is COc1ccc(CC(O)=Cc2ccc(N=O)cc2)cc1OC. The summed E-state index contributed by atoms with van der Waals surface area (Å²) >= 11 is 0. The molecule has 2 rings (SSSR count). The monoisotopic (exact) mass is 299 g/mol. The van der Waals surface area contributed by atoms with E-state index in [4.69, 9.17) is 9.47 Å². The molecule has 114 valence electrons. The summed E-state index contributed by atoms with van der Waals surface area (Å²) in [5, 5.41) is 12.9. The summed E-state index contributed by atoms with van der Waals surface area (Å²) in [6, 6.07) is 12.1. The van der Waals surface area contributed by atoms with Crippen LogP contribution in [0.25, 0.3) is 6.08 Å². The molecule has 0 unspecified atom stereocenters. The van der Waals surface area contributed by atoms with Gasteiger partial charge in [-0.05, 0) is 46.6 Å². The number of aliphatic hydroxyl groups excluding tert-OH is 1. The molecule has 0 atom stereocenters. The number of aliphatic hydroxyl groups is 1. The van der Waals surface area contributed by atoms with Gasteiger partial charge in [0.15, 0.2) is 11.5 Å². The Morgan fingerprint density at radius 3 is 2.36 bits per heavy atom. The molecule has 0 saturated carbocycles. The second-order valence-corrected chi connectivity index (χ2v) is 4.68. The maximum Gasteiger partial charge on any atom is 0.161 e. The first-order valence-electron chi connectivity index (χ1n) is 6.70. The van der Waals surface area contributed by atoms with E-state index >= 15 is 0 Å². The minimum atomic E-state index is 0.207. The minimum Gasteiger partial charge on any atom is -0.512 e. The Morgan fingerprint density at radius 2 is 1.77 bits per heavy atom. The molecule has 0 aliphatic carbocycles. The quantitative estimate of drug-likeness (QED) is 0.639. The van der Waals surface area contributed by atoms with Crippen molar-refractivity contribution in [3.05, 3.63) is 64.3 Å². The average molecular weight is 299 g/mol. The second kappa shape index (κ2) is 7.26. The number of hydrogen-bond donors (Lipinski definition) is 1. The predicted molar refractivity (Wildman–Crippen MR) is 85.8 cm³/mol. The molecule has 0 aliphatic heterocycles. The highest BCUT2D eigenvalue weighted by Crippen LogP contribution is 2.28. The topological polar surface area (TPSA) is 68.1 Å². The summed E-state index contributed by atoms with van der Waals surface area (Å²) in [6.45, 7) is 0. The van der Waals surface area contributed by atoms with Crippen LogP contribution in [0.5, 0.6) is 11.5 Å². The van der Waals surface area contributed by atoms with Crippen LogP contribution >= 0.6 is 0 Å². The van der Waals surface area contributed by atoms with Crippen molar-refractivity contribution in [2.45, 2.75) is 6.42 Å². The van der Waals surface area contributed by atoms with E-state index in [2.05, 4.69) is 5.18 Å². The lowest BCUT2D eigenvalue weighted by molar-refractivity contribution is 0.354. The summed E-state index contributed by atoms with van der Waals surface area (Å²) in [5.74, 6) is 1.47. The van der Waals surface area contributed by atoms with Gasteiger partial charge in [-0.1, -0.05) is 18.2 Å². The Labute approximate surface area is 128 Å². The molecule has 0 radical (unpaired) electrons. The van der Waals surface area contributed by atoms with Crippen molar-refractivity contribution in [2.24, 2.45) is 5.18 Å². The molecule has 0 heterocycles. The molecule has 5 nitrogen and oxygen atoms in total. The maximum atomic E-state index is 10.4. The van der Waals surface area contributed by atoms with Crippen LogP contribution in [-0.2, 0) is 6.42 Å². The van der Waals surface area contributed by atoms with E-state index in [1.165, 1.54) is 0 Å². The lowest BCUT2D eigenvalue weighted by atomic mass is 10.1. The van der Waals surface area contributed by atoms with Crippen LogP contribution in [0, 0.1) is 4.91 Å². The summed E-state index contributed by atoms with van der Waals surface area (Å²) in [6.07, 6.45) is 2.01. The Balaban J connectivity index is 2.14. The molecule has 5 heteroatoms. The molecule has 0 aliphatic rings. The molecular formula is C17H17NO4. The van der Waals surface area contributed by atoms with Crippen molar-refractivity contribution in [2.75, 3.05) is 14.2 Å². The molecule has 0 bridgehead atoms. The van der Waals surface area contributed by atoms with Crippen LogP contribution in [0.15, 0.2) is 53.4 Å². The molecule has 1 N–H and O–H groups in total. The number of ether oxygens (including phenoxy) is 2. The lowest BCUT2D eigenvalue weighted by Crippen LogP contribution is -1.94. The van der Waals surface area contributed by atoms with Crippen LogP contribution in [0.3, 0.4) is 0 Å². The third-order valence-corrected chi connectivity index (χ3v) is 3.16. The number of allylic oxidation sites excluding steroid dienone is 1. The maximum absolute atomic E-state index is 10.4. The average Bonchev–Trinajstić information content (AvgIpc) is 2.55. The molecule has 0 amide bonds. The van der Waals surface area contributed by atoms with Crippen LogP contribution in [-0.4, -0.2) is 19.3 Å². The number of methoxy groups -OCH3 is 2. The van der Waals surface area contributed by atoms with E-state index in [9.17, 15) is 10.0 Å². The van der Waals surface area contributed by atoms with Gasteiger partial charge in [0.25, 0.3) is 0 Å². The van der Waals surface area contributed by atoms with Crippen LogP contribution < -0.4 is 9.47 Å². The molecule has 2 aromatic rings. The Morgan fingerprint density at radius 1 is 1.09 bits per heavy atom. The summed E-state index contributed by atoms with van der Waals surface area (Å²) in [7, 11) is 3.15. The first-order chi connectivity index (χ1) is 10.7. The molecular weight excluding hydrogens is 282 g/mol. The van der Waals surface area contributed by atoms with Gasteiger partial charge < -0.3 is 14.6 Å². The fraction of sp³-hybridized carbons (Fsp3) is 0.176. The first-order valence-corrected chi connectivity index (χ1v) is 6.70. The van der Waals surface area contributed by atoms with Gasteiger partial charge in [0, 0.05) is 6.42 Å². The van der Waals surface area contributed by atoms with Gasteiger partial charge in [-0.25, -0.2) is 0 Å². The standard InChI is InChI=1S/C17H17NO4/c1-21-16-8-5-13(11-17(16)22-2)10-15(19)9-12-3-6-14(18-20)7-4-12/h3-9,11,19H,10H2,1-2H3. The summed E-state index contributed by atoms with van der Waals surface area (Å²) in [4.78, 5) is 10.4. The Kier molecular flexibility index (Phi) is 5.14. The first kappa shape index (κ1) is 15.6. The van der Waals surface area contributed by atoms with E-state index in [1.807, 2.05) is 12.1 Å². The number of hydrogen-bond acceptors (Lipinski definition) is 5. The smallest absolute Gasteiger partial charge is 0.161 e. The lowest BCUT2D eigenvalue weighted by Gasteiger charge is -2.09. The fourth-order valence-electron chi connectivity index (χ4n) is 2.07. The van der Waals surface area contributed by atoms with Crippen molar-refractivity contribution in [3.8, 4) is 11.5 Å². The second-order valence-electron chi connectivity index (χ2n) is 4.68. The molecule has 22 heavy (non-hydrogen) atoms. The fourth-order valence-corrected chi connectivity index (χ4v) is 2.07. The van der Waals surface area contributed by atoms with E-state index in [1.54, 1.807) is 50.6 Å². The van der Waals surface area contributed by atoms with Gasteiger partial charge in [0.05, 0.1) is 20.0 Å². The highest BCUT2D eigenvalue weighted by Gasteiger charge is 2.06. The Hall–Kier alpha value is -2.82. The minimum absolute atomic E-state index is 0.207. The van der Waals surface area contributed by atoms with Gasteiger partial charge in [-0.3, -0.25) is 0 Å². The van der Waals surface area contributed by atoms with E-state index in [0.717, 1.165) is 11.1 Å². The summed E-state index contributed by atoms with van der Waals surface area (Å²) < 4.78 is 10.4. The van der Waals surface area contributed by atoms with Gasteiger partial charge in [-0.15, -0.1) is 4.91 Å². The normalized spacial score (nSPS) is 11.1. The third kappa shape index (κ3) is 3.85. The van der Waals surface area contributed by atoms with Gasteiger partial charge in [-0.2, -0.15) is 0 Å². The van der Waals surface area contributed by atoms with Crippen LogP contribution in [0.1, 0.15) is 11.1 Å². The zero-order valence-corrected chi connectivity index (χ0v) is 12.4. The van der Waals surface area contributed by atoms with Gasteiger partial charge in [0.2, 0.25) is 0 Å². The molecule has 2 aromatic carbocycles. The van der Waals surface area contributed by atoms with Crippen molar-refractivity contribution in [3.63, 3.8) is 0 Å². The summed E-state index contributed by atoms with van der Waals surface area (Å²) in [5.41, 5.74) is 2.06. The van der Waals surface area contributed by atoms with Crippen LogP contribution in [0.4, 0.5) is 5.69 Å². The predicted octanol–water partition coefficient (Wildman–Crippen LogP) is 4.24. The van der Waals surface area contributed by atoms with Crippen molar-refractivity contribution >= 4 is 11.8 Å². The van der Waals surface area contributed by atoms with Gasteiger partial charge in [0.1, 0.15) is 5.69 Å². The largest absolute Gasteiger partial charge is 0.512 e. The Bertz CT molecular complexity index is 678.